The van der Waals surface area contributed by atoms with Crippen LogP contribution in [0, 0.1) is 5.82 Å². The molecule has 0 saturated carbocycles. The van der Waals surface area contributed by atoms with Crippen molar-refractivity contribution in [3.63, 3.8) is 0 Å². The summed E-state index contributed by atoms with van der Waals surface area (Å²) in [5.41, 5.74) is 1.26. The van der Waals surface area contributed by atoms with Crippen molar-refractivity contribution in [3.8, 4) is 0 Å². The molecule has 0 unspecified atom stereocenters. The molecule has 0 N–H and O–H groups in total. The highest BCUT2D eigenvalue weighted by molar-refractivity contribution is 7.90. The number of sulfonamides is 1. The SMILES string of the molecule is C[C@H]1CCC(C)(C)S(=O)(=O)N1Cc1ccc(N2CCC(n3cnnc3)CC2)cc1F. The summed E-state index contributed by atoms with van der Waals surface area (Å²) in [4.78, 5) is 2.18. The highest BCUT2D eigenvalue weighted by atomic mass is 32.2. The molecule has 3 heterocycles. The van der Waals surface area contributed by atoms with E-state index in [0.29, 0.717) is 18.0 Å². The number of aromatic nitrogens is 3. The topological polar surface area (TPSA) is 71.3 Å². The van der Waals surface area contributed by atoms with Crippen molar-refractivity contribution in [2.24, 2.45) is 0 Å². The third kappa shape index (κ3) is 3.85. The Hall–Kier alpha value is -2.00. The van der Waals surface area contributed by atoms with E-state index in [9.17, 15) is 12.8 Å². The van der Waals surface area contributed by atoms with E-state index < -0.39 is 14.8 Å². The molecule has 2 fully saturated rings. The highest BCUT2D eigenvalue weighted by Gasteiger charge is 2.45. The molecule has 4 rings (SSSR count). The molecule has 0 bridgehead atoms. The van der Waals surface area contributed by atoms with Gasteiger partial charge in [-0.2, -0.15) is 4.31 Å². The zero-order valence-corrected chi connectivity index (χ0v) is 18.6. The van der Waals surface area contributed by atoms with Gasteiger partial charge in [-0.1, -0.05) is 6.07 Å². The van der Waals surface area contributed by atoms with Crippen molar-refractivity contribution in [1.82, 2.24) is 19.1 Å². The van der Waals surface area contributed by atoms with E-state index >= 15 is 0 Å². The summed E-state index contributed by atoms with van der Waals surface area (Å²) in [6.07, 6.45) is 6.78. The van der Waals surface area contributed by atoms with Crippen LogP contribution in [0.25, 0.3) is 0 Å². The Labute approximate surface area is 177 Å². The lowest BCUT2D eigenvalue weighted by Gasteiger charge is -2.41. The summed E-state index contributed by atoms with van der Waals surface area (Å²) in [7, 11) is -3.48. The summed E-state index contributed by atoms with van der Waals surface area (Å²) in [6.45, 7) is 7.14. The minimum atomic E-state index is -3.48. The van der Waals surface area contributed by atoms with Gasteiger partial charge in [0.2, 0.25) is 10.0 Å². The van der Waals surface area contributed by atoms with Gasteiger partial charge in [-0.05, 0) is 58.6 Å². The Kier molecular flexibility index (Phi) is 5.61. The lowest BCUT2D eigenvalue weighted by atomic mass is 10.0. The van der Waals surface area contributed by atoms with Gasteiger partial charge in [0.05, 0.1) is 4.75 Å². The predicted molar refractivity (Wildman–Crippen MR) is 114 cm³/mol. The molecule has 1 aromatic carbocycles. The maximum Gasteiger partial charge on any atom is 0.219 e. The van der Waals surface area contributed by atoms with Gasteiger partial charge in [-0.15, -0.1) is 10.2 Å². The summed E-state index contributed by atoms with van der Waals surface area (Å²) in [5.74, 6) is -0.348. The van der Waals surface area contributed by atoms with Crippen LogP contribution in [0.4, 0.5) is 10.1 Å². The van der Waals surface area contributed by atoms with Crippen LogP contribution in [0.1, 0.15) is 58.1 Å². The zero-order chi connectivity index (χ0) is 21.5. The third-order valence-corrected chi connectivity index (χ3v) is 9.42. The van der Waals surface area contributed by atoms with Crippen molar-refractivity contribution in [2.75, 3.05) is 18.0 Å². The van der Waals surface area contributed by atoms with Crippen LogP contribution in [0.15, 0.2) is 30.9 Å². The highest BCUT2D eigenvalue weighted by Crippen LogP contribution is 2.36. The molecule has 1 aromatic heterocycles. The van der Waals surface area contributed by atoms with Crippen molar-refractivity contribution >= 4 is 15.7 Å². The van der Waals surface area contributed by atoms with Gasteiger partial charge in [0, 0.05) is 43.0 Å². The van der Waals surface area contributed by atoms with E-state index in [1.165, 1.54) is 4.31 Å². The van der Waals surface area contributed by atoms with Crippen LogP contribution in [0.5, 0.6) is 0 Å². The van der Waals surface area contributed by atoms with E-state index in [-0.39, 0.29) is 18.4 Å². The first kappa shape index (κ1) is 21.2. The van der Waals surface area contributed by atoms with Crippen LogP contribution in [-0.4, -0.2) is 51.4 Å². The summed E-state index contributed by atoms with van der Waals surface area (Å²) in [6, 6.07) is 5.43. The standard InChI is InChI=1S/C21H30FN5O2S/c1-16-6-9-21(2,3)30(28,29)27(16)13-17-4-5-19(12-20(17)22)25-10-7-18(8-11-25)26-14-23-24-15-26/h4-5,12,14-16,18H,6-11,13H2,1-3H3/t16-/m0/s1. The van der Waals surface area contributed by atoms with Crippen molar-refractivity contribution in [2.45, 2.75) is 69.8 Å². The molecule has 9 heteroatoms. The Bertz CT molecular complexity index is 985. The van der Waals surface area contributed by atoms with Gasteiger partial charge >= 0.3 is 0 Å². The molecule has 2 aromatic rings. The molecule has 2 aliphatic rings. The van der Waals surface area contributed by atoms with Crippen LogP contribution < -0.4 is 4.90 Å². The van der Waals surface area contributed by atoms with Crippen molar-refractivity contribution < 1.29 is 12.8 Å². The van der Waals surface area contributed by atoms with Gasteiger partial charge < -0.3 is 9.47 Å². The minimum Gasteiger partial charge on any atom is -0.371 e. The summed E-state index contributed by atoms with van der Waals surface area (Å²) >= 11 is 0. The Morgan fingerprint density at radius 1 is 1.13 bits per heavy atom. The molecule has 2 saturated heterocycles. The maximum atomic E-state index is 15.0. The molecule has 0 spiro atoms. The minimum absolute atomic E-state index is 0.0781. The van der Waals surface area contributed by atoms with Gasteiger partial charge in [0.25, 0.3) is 0 Å². The maximum absolute atomic E-state index is 15.0. The van der Waals surface area contributed by atoms with E-state index in [1.807, 2.05) is 17.6 Å². The first-order valence-electron chi connectivity index (χ1n) is 10.6. The Morgan fingerprint density at radius 2 is 1.80 bits per heavy atom. The Balaban J connectivity index is 1.46. The molecule has 0 radical (unpaired) electrons. The molecular formula is C21H30FN5O2S. The Morgan fingerprint density at radius 3 is 2.43 bits per heavy atom. The molecule has 164 valence electrons. The molecule has 1 atom stereocenters. The number of hydrogen-bond acceptors (Lipinski definition) is 5. The largest absolute Gasteiger partial charge is 0.371 e. The van der Waals surface area contributed by atoms with Crippen molar-refractivity contribution in [3.05, 3.63) is 42.2 Å². The summed E-state index contributed by atoms with van der Waals surface area (Å²) < 4.78 is 43.6. The number of piperidine rings is 1. The average molecular weight is 436 g/mol. The quantitative estimate of drug-likeness (QED) is 0.737. The first-order chi connectivity index (χ1) is 14.2. The third-order valence-electron chi connectivity index (χ3n) is 6.71. The fraction of sp³-hybridized carbons (Fsp3) is 0.619. The predicted octanol–water partition coefficient (Wildman–Crippen LogP) is 3.35. The number of anilines is 1. The lowest BCUT2D eigenvalue weighted by Crippen LogP contribution is -2.52. The number of nitrogens with zero attached hydrogens (tertiary/aromatic N) is 5. The number of halogens is 1. The molecule has 2 aliphatic heterocycles. The fourth-order valence-corrected chi connectivity index (χ4v) is 6.37. The van der Waals surface area contributed by atoms with Gasteiger partial charge in [-0.3, -0.25) is 0 Å². The molecule has 0 aliphatic carbocycles. The van der Waals surface area contributed by atoms with E-state index in [4.69, 9.17) is 0 Å². The summed E-state index contributed by atoms with van der Waals surface area (Å²) in [5, 5.41) is 7.74. The second-order valence-corrected chi connectivity index (χ2v) is 11.6. The molecule has 0 amide bonds. The smallest absolute Gasteiger partial charge is 0.219 e. The van der Waals surface area contributed by atoms with Crippen LogP contribution in [0.3, 0.4) is 0 Å². The van der Waals surface area contributed by atoms with Crippen LogP contribution >= 0.6 is 0 Å². The molecular weight excluding hydrogens is 405 g/mol. The second-order valence-electron chi connectivity index (χ2n) is 9.10. The van der Waals surface area contributed by atoms with Gasteiger partial charge in [0.1, 0.15) is 18.5 Å². The fourth-order valence-electron chi connectivity index (χ4n) is 4.47. The van der Waals surface area contributed by atoms with E-state index in [2.05, 4.69) is 15.1 Å². The van der Waals surface area contributed by atoms with Gasteiger partial charge in [-0.25, -0.2) is 12.8 Å². The van der Waals surface area contributed by atoms with E-state index in [0.717, 1.165) is 38.0 Å². The van der Waals surface area contributed by atoms with E-state index in [1.54, 1.807) is 38.6 Å². The molecule has 30 heavy (non-hydrogen) atoms. The monoisotopic (exact) mass is 435 g/mol. The second kappa shape index (κ2) is 7.92. The first-order valence-corrected chi connectivity index (χ1v) is 12.0. The average Bonchev–Trinajstić information content (AvgIpc) is 3.25. The van der Waals surface area contributed by atoms with Crippen LogP contribution in [0.2, 0.25) is 0 Å². The number of hydrogen-bond donors (Lipinski definition) is 0. The zero-order valence-electron chi connectivity index (χ0n) is 17.8. The van der Waals surface area contributed by atoms with Crippen molar-refractivity contribution in [1.29, 1.82) is 0 Å². The lowest BCUT2D eigenvalue weighted by molar-refractivity contribution is 0.260. The number of benzene rings is 1. The number of rotatable bonds is 4. The molecule has 7 nitrogen and oxygen atoms in total. The normalized spacial score (nSPS) is 24.8. The van der Waals surface area contributed by atoms with Gasteiger partial charge in [0.15, 0.2) is 0 Å². The van der Waals surface area contributed by atoms with Crippen LogP contribution in [-0.2, 0) is 16.6 Å².